The van der Waals surface area contributed by atoms with Crippen LogP contribution in [0.5, 0.6) is 0 Å². The van der Waals surface area contributed by atoms with E-state index in [9.17, 15) is 0 Å². The standard InChI is InChI=1S/C9H16N2S/c1-11-5-3-9(8-11)7-10-4-6-12-2/h3,5,8,10H,4,6-7H2,1-2H3. The maximum atomic E-state index is 3.38. The largest absolute Gasteiger partial charge is 0.357 e. The van der Waals surface area contributed by atoms with Gasteiger partial charge in [-0.2, -0.15) is 11.8 Å². The van der Waals surface area contributed by atoms with E-state index in [0.29, 0.717) is 0 Å². The summed E-state index contributed by atoms with van der Waals surface area (Å²) in [4.78, 5) is 0. The minimum Gasteiger partial charge on any atom is -0.357 e. The van der Waals surface area contributed by atoms with Crippen LogP contribution in [0.1, 0.15) is 5.56 Å². The summed E-state index contributed by atoms with van der Waals surface area (Å²) >= 11 is 1.87. The van der Waals surface area contributed by atoms with Gasteiger partial charge in [0.15, 0.2) is 0 Å². The minimum atomic E-state index is 0.987. The van der Waals surface area contributed by atoms with Crippen LogP contribution in [0.2, 0.25) is 0 Å². The molecule has 0 radical (unpaired) electrons. The summed E-state index contributed by atoms with van der Waals surface area (Å²) in [6.45, 7) is 2.08. The summed E-state index contributed by atoms with van der Waals surface area (Å²) in [6, 6.07) is 2.14. The van der Waals surface area contributed by atoms with Gasteiger partial charge in [0, 0.05) is 38.3 Å². The fraction of sp³-hybridized carbons (Fsp3) is 0.556. The van der Waals surface area contributed by atoms with Crippen molar-refractivity contribution in [2.45, 2.75) is 6.54 Å². The van der Waals surface area contributed by atoms with E-state index in [1.165, 1.54) is 11.3 Å². The lowest BCUT2D eigenvalue weighted by Crippen LogP contribution is -2.15. The van der Waals surface area contributed by atoms with E-state index in [1.54, 1.807) is 0 Å². The van der Waals surface area contributed by atoms with Crippen molar-refractivity contribution in [2.75, 3.05) is 18.6 Å². The molecule has 0 aliphatic rings. The van der Waals surface area contributed by atoms with Crippen molar-refractivity contribution in [1.29, 1.82) is 0 Å². The summed E-state index contributed by atoms with van der Waals surface area (Å²) in [6.07, 6.45) is 6.35. The van der Waals surface area contributed by atoms with Gasteiger partial charge in [-0.15, -0.1) is 0 Å². The first-order chi connectivity index (χ1) is 5.83. The summed E-state index contributed by atoms with van der Waals surface area (Å²) < 4.78 is 2.07. The molecule has 0 bridgehead atoms. The summed E-state index contributed by atoms with van der Waals surface area (Å²) in [5, 5.41) is 3.38. The Hall–Kier alpha value is -0.410. The van der Waals surface area contributed by atoms with Gasteiger partial charge in [0.1, 0.15) is 0 Å². The molecular weight excluding hydrogens is 168 g/mol. The average Bonchev–Trinajstić information content (AvgIpc) is 2.45. The van der Waals surface area contributed by atoms with Gasteiger partial charge in [-0.25, -0.2) is 0 Å². The van der Waals surface area contributed by atoms with Crippen molar-refractivity contribution >= 4 is 11.8 Å². The van der Waals surface area contributed by atoms with Crippen molar-refractivity contribution in [1.82, 2.24) is 9.88 Å². The lowest BCUT2D eigenvalue weighted by molar-refractivity contribution is 0.730. The van der Waals surface area contributed by atoms with Crippen LogP contribution in [0.15, 0.2) is 18.5 Å². The van der Waals surface area contributed by atoms with E-state index >= 15 is 0 Å². The fourth-order valence-corrected chi connectivity index (χ4v) is 1.42. The Labute approximate surface area is 78.3 Å². The number of thioether (sulfide) groups is 1. The molecule has 68 valence electrons. The van der Waals surface area contributed by atoms with Crippen LogP contribution in [0, 0.1) is 0 Å². The molecular formula is C9H16N2S. The Kier molecular flexibility index (Phi) is 4.25. The van der Waals surface area contributed by atoms with Crippen LogP contribution in [0.3, 0.4) is 0 Å². The second-order valence-corrected chi connectivity index (χ2v) is 3.84. The van der Waals surface area contributed by atoms with Crippen molar-refractivity contribution in [3.05, 3.63) is 24.0 Å². The molecule has 1 heterocycles. The molecule has 0 aliphatic heterocycles. The highest BCUT2D eigenvalue weighted by molar-refractivity contribution is 7.98. The Morgan fingerprint density at radius 1 is 1.58 bits per heavy atom. The average molecular weight is 184 g/mol. The molecule has 0 unspecified atom stereocenters. The summed E-state index contributed by atoms with van der Waals surface area (Å²) in [5.74, 6) is 1.19. The van der Waals surface area contributed by atoms with E-state index in [1.807, 2.05) is 18.8 Å². The molecule has 1 aromatic heterocycles. The molecule has 1 N–H and O–H groups in total. The monoisotopic (exact) mass is 184 g/mol. The first kappa shape index (κ1) is 9.68. The van der Waals surface area contributed by atoms with E-state index < -0.39 is 0 Å². The molecule has 3 heteroatoms. The van der Waals surface area contributed by atoms with Crippen molar-refractivity contribution in [3.63, 3.8) is 0 Å². The lowest BCUT2D eigenvalue weighted by atomic mass is 10.3. The smallest absolute Gasteiger partial charge is 0.0220 e. The van der Waals surface area contributed by atoms with Gasteiger partial charge in [-0.3, -0.25) is 0 Å². The number of hydrogen-bond donors (Lipinski definition) is 1. The topological polar surface area (TPSA) is 17.0 Å². The zero-order chi connectivity index (χ0) is 8.81. The molecule has 12 heavy (non-hydrogen) atoms. The van der Waals surface area contributed by atoms with Crippen LogP contribution in [0.4, 0.5) is 0 Å². The maximum absolute atomic E-state index is 3.38. The zero-order valence-electron chi connectivity index (χ0n) is 7.71. The van der Waals surface area contributed by atoms with Gasteiger partial charge in [0.25, 0.3) is 0 Å². The minimum absolute atomic E-state index is 0.987. The Morgan fingerprint density at radius 3 is 3.00 bits per heavy atom. The van der Waals surface area contributed by atoms with Gasteiger partial charge in [-0.05, 0) is 17.9 Å². The predicted molar refractivity (Wildman–Crippen MR) is 55.5 cm³/mol. The molecule has 0 aromatic carbocycles. The van der Waals surface area contributed by atoms with E-state index in [0.717, 1.165) is 13.1 Å². The number of nitrogens with zero attached hydrogens (tertiary/aromatic N) is 1. The first-order valence-corrected chi connectivity index (χ1v) is 5.53. The van der Waals surface area contributed by atoms with Gasteiger partial charge >= 0.3 is 0 Å². The Bertz CT molecular complexity index is 220. The van der Waals surface area contributed by atoms with Gasteiger partial charge in [0.2, 0.25) is 0 Å². The third-order valence-electron chi connectivity index (χ3n) is 1.71. The highest BCUT2D eigenvalue weighted by Crippen LogP contribution is 1.98. The molecule has 0 spiro atoms. The molecule has 0 amide bonds. The maximum Gasteiger partial charge on any atom is 0.0220 e. The summed E-state index contributed by atoms with van der Waals surface area (Å²) in [5.41, 5.74) is 1.36. The highest BCUT2D eigenvalue weighted by atomic mass is 32.2. The molecule has 0 saturated heterocycles. The van der Waals surface area contributed by atoms with Crippen molar-refractivity contribution < 1.29 is 0 Å². The zero-order valence-corrected chi connectivity index (χ0v) is 8.53. The Balaban J connectivity index is 2.15. The fourth-order valence-electron chi connectivity index (χ4n) is 1.07. The number of aromatic nitrogens is 1. The van der Waals surface area contributed by atoms with Crippen LogP contribution in [-0.2, 0) is 13.6 Å². The predicted octanol–water partition coefficient (Wildman–Crippen LogP) is 1.48. The normalized spacial score (nSPS) is 10.5. The summed E-state index contributed by atoms with van der Waals surface area (Å²) in [7, 11) is 2.05. The number of rotatable bonds is 5. The van der Waals surface area contributed by atoms with E-state index in [4.69, 9.17) is 0 Å². The van der Waals surface area contributed by atoms with Crippen LogP contribution < -0.4 is 5.32 Å². The second kappa shape index (κ2) is 5.27. The van der Waals surface area contributed by atoms with Gasteiger partial charge in [0.05, 0.1) is 0 Å². The first-order valence-electron chi connectivity index (χ1n) is 4.13. The van der Waals surface area contributed by atoms with Gasteiger partial charge < -0.3 is 9.88 Å². The molecule has 0 aliphatic carbocycles. The number of aryl methyl sites for hydroxylation is 1. The van der Waals surface area contributed by atoms with Gasteiger partial charge in [-0.1, -0.05) is 0 Å². The van der Waals surface area contributed by atoms with E-state index in [2.05, 4.69) is 34.6 Å². The molecule has 1 aromatic rings. The van der Waals surface area contributed by atoms with E-state index in [-0.39, 0.29) is 0 Å². The lowest BCUT2D eigenvalue weighted by Gasteiger charge is -2.00. The molecule has 0 atom stereocenters. The van der Waals surface area contributed by atoms with Crippen molar-refractivity contribution in [3.8, 4) is 0 Å². The molecule has 0 fully saturated rings. The SMILES string of the molecule is CSCCNCc1ccn(C)c1. The Morgan fingerprint density at radius 2 is 2.42 bits per heavy atom. The third-order valence-corrected chi connectivity index (χ3v) is 2.32. The van der Waals surface area contributed by atoms with Crippen LogP contribution in [0.25, 0.3) is 0 Å². The number of hydrogen-bond acceptors (Lipinski definition) is 2. The third kappa shape index (κ3) is 3.32. The van der Waals surface area contributed by atoms with Crippen LogP contribution in [-0.4, -0.2) is 23.1 Å². The molecule has 2 nitrogen and oxygen atoms in total. The van der Waals surface area contributed by atoms with Crippen LogP contribution >= 0.6 is 11.8 Å². The highest BCUT2D eigenvalue weighted by Gasteiger charge is 1.92. The molecule has 1 rings (SSSR count). The number of nitrogens with one attached hydrogen (secondary N) is 1. The molecule has 0 saturated carbocycles. The second-order valence-electron chi connectivity index (χ2n) is 2.85. The quantitative estimate of drug-likeness (QED) is 0.698. The van der Waals surface area contributed by atoms with Crippen molar-refractivity contribution in [2.24, 2.45) is 7.05 Å².